The number of oxime groups is 1. The predicted molar refractivity (Wildman–Crippen MR) is 157 cm³/mol. The maximum atomic E-state index is 13.1. The highest BCUT2D eigenvalue weighted by Crippen LogP contribution is 2.29. The van der Waals surface area contributed by atoms with Crippen molar-refractivity contribution in [2.75, 3.05) is 5.75 Å². The fourth-order valence-electron chi connectivity index (χ4n) is 3.52. The number of hydrogen-bond acceptors (Lipinski definition) is 7. The Morgan fingerprint density at radius 2 is 1.26 bits per heavy atom. The summed E-state index contributed by atoms with van der Waals surface area (Å²) in [4.78, 5) is 44.8. The minimum Gasteiger partial charge on any atom is -0.318 e. The van der Waals surface area contributed by atoms with Gasteiger partial charge in [0.2, 0.25) is 5.78 Å². The molecule has 0 aliphatic carbocycles. The molecule has 39 heavy (non-hydrogen) atoms. The van der Waals surface area contributed by atoms with E-state index in [2.05, 4.69) is 5.16 Å². The van der Waals surface area contributed by atoms with Crippen molar-refractivity contribution in [2.24, 2.45) is 5.16 Å². The normalized spacial score (nSPS) is 11.2. The Bertz CT molecular complexity index is 1470. The molecule has 0 saturated heterocycles. The molecule has 0 fully saturated rings. The van der Waals surface area contributed by atoms with E-state index in [4.69, 9.17) is 16.4 Å². The van der Waals surface area contributed by atoms with E-state index in [0.717, 1.165) is 14.7 Å². The molecule has 8 heteroatoms. The Hall–Kier alpha value is -3.65. The van der Waals surface area contributed by atoms with Crippen LogP contribution in [0.15, 0.2) is 123 Å². The van der Waals surface area contributed by atoms with Crippen LogP contribution >= 0.6 is 35.1 Å². The number of nitrogens with zero attached hydrogens (tertiary/aromatic N) is 1. The number of ketones is 2. The number of Topliss-reactive ketones (excluding diaryl/α,β-unsaturated/α-hetero) is 1. The van der Waals surface area contributed by atoms with Crippen molar-refractivity contribution in [1.29, 1.82) is 0 Å². The van der Waals surface area contributed by atoms with Crippen molar-refractivity contribution in [3.05, 3.63) is 125 Å². The van der Waals surface area contributed by atoms with E-state index in [0.29, 0.717) is 33.9 Å². The van der Waals surface area contributed by atoms with Gasteiger partial charge in [-0.2, -0.15) is 0 Å². The summed E-state index contributed by atoms with van der Waals surface area (Å²) >= 11 is 9.01. The van der Waals surface area contributed by atoms with Crippen LogP contribution in [0.3, 0.4) is 0 Å². The Kier molecular flexibility index (Phi) is 10.1. The van der Waals surface area contributed by atoms with Gasteiger partial charge in [0.05, 0.1) is 0 Å². The lowest BCUT2D eigenvalue weighted by Crippen LogP contribution is -2.16. The van der Waals surface area contributed by atoms with E-state index in [-0.39, 0.29) is 17.3 Å². The molecular weight excluding hydrogens is 550 g/mol. The smallest absolute Gasteiger partial charge is 0.318 e. The lowest BCUT2D eigenvalue weighted by atomic mass is 10.0. The zero-order chi connectivity index (χ0) is 27.6. The Labute approximate surface area is 240 Å². The maximum Gasteiger partial charge on any atom is 0.331 e. The van der Waals surface area contributed by atoms with Crippen molar-refractivity contribution in [2.45, 2.75) is 28.0 Å². The lowest BCUT2D eigenvalue weighted by Gasteiger charge is -2.08. The molecule has 0 aliphatic rings. The molecule has 0 aromatic heterocycles. The van der Waals surface area contributed by atoms with E-state index < -0.39 is 5.97 Å². The molecule has 0 unspecified atom stereocenters. The SMILES string of the molecule is CC(=O)O/N=C(/CCSc1ccc(Cl)cc1)C(=O)c1ccc(Sc2ccc(C(=O)c3ccccc3)cc2)cc1. The summed E-state index contributed by atoms with van der Waals surface area (Å²) in [6, 6.07) is 31.2. The molecule has 0 spiro atoms. The van der Waals surface area contributed by atoms with Gasteiger partial charge in [0, 0.05) is 55.5 Å². The summed E-state index contributed by atoms with van der Waals surface area (Å²) in [5.41, 5.74) is 1.90. The van der Waals surface area contributed by atoms with Crippen molar-refractivity contribution in [1.82, 2.24) is 0 Å². The van der Waals surface area contributed by atoms with Crippen molar-refractivity contribution >= 4 is 58.4 Å². The monoisotopic (exact) mass is 573 g/mol. The zero-order valence-corrected chi connectivity index (χ0v) is 23.4. The first-order chi connectivity index (χ1) is 18.9. The molecule has 4 aromatic rings. The number of hydrogen-bond donors (Lipinski definition) is 0. The Morgan fingerprint density at radius 3 is 1.85 bits per heavy atom. The second-order valence-corrected chi connectivity index (χ2v) is 11.1. The first kappa shape index (κ1) is 28.4. The van der Waals surface area contributed by atoms with Gasteiger partial charge in [-0.3, -0.25) is 9.59 Å². The summed E-state index contributed by atoms with van der Waals surface area (Å²) < 4.78 is 0. The lowest BCUT2D eigenvalue weighted by molar-refractivity contribution is -0.140. The minimum atomic E-state index is -0.589. The molecule has 0 saturated carbocycles. The van der Waals surface area contributed by atoms with Crippen LogP contribution in [0.25, 0.3) is 0 Å². The number of carbonyl (C=O) groups excluding carboxylic acids is 3. The Morgan fingerprint density at radius 1 is 0.718 bits per heavy atom. The molecule has 4 aromatic carbocycles. The first-order valence-electron chi connectivity index (χ1n) is 12.0. The average molecular weight is 574 g/mol. The van der Waals surface area contributed by atoms with Gasteiger partial charge in [0.1, 0.15) is 5.71 Å². The summed E-state index contributed by atoms with van der Waals surface area (Å²) in [5, 5.41) is 4.49. The maximum absolute atomic E-state index is 13.1. The van der Waals surface area contributed by atoms with Crippen LogP contribution in [0.4, 0.5) is 0 Å². The second-order valence-electron chi connectivity index (χ2n) is 8.35. The van der Waals surface area contributed by atoms with Crippen molar-refractivity contribution < 1.29 is 19.2 Å². The quantitative estimate of drug-likeness (QED) is 0.0595. The summed E-state index contributed by atoms with van der Waals surface area (Å²) in [6.07, 6.45) is 0.323. The van der Waals surface area contributed by atoms with E-state index in [9.17, 15) is 14.4 Å². The van der Waals surface area contributed by atoms with E-state index in [1.54, 1.807) is 48.2 Å². The molecule has 0 radical (unpaired) electrons. The highest BCUT2D eigenvalue weighted by Gasteiger charge is 2.16. The Balaban J connectivity index is 1.39. The van der Waals surface area contributed by atoms with Gasteiger partial charge >= 0.3 is 5.97 Å². The molecule has 0 amide bonds. The fourth-order valence-corrected chi connectivity index (χ4v) is 5.33. The number of benzene rings is 4. The number of carbonyl (C=O) groups is 3. The number of halogens is 1. The molecule has 4 rings (SSSR count). The van der Waals surface area contributed by atoms with Gasteiger partial charge in [-0.15, -0.1) is 11.8 Å². The van der Waals surface area contributed by atoms with Crippen LogP contribution in [-0.2, 0) is 9.63 Å². The van der Waals surface area contributed by atoms with Crippen LogP contribution in [0.5, 0.6) is 0 Å². The molecule has 0 bridgehead atoms. The zero-order valence-electron chi connectivity index (χ0n) is 21.0. The van der Waals surface area contributed by atoms with E-state index in [1.807, 2.05) is 66.7 Å². The van der Waals surface area contributed by atoms with Gasteiger partial charge in [-0.1, -0.05) is 58.9 Å². The van der Waals surface area contributed by atoms with Crippen LogP contribution in [0.2, 0.25) is 5.02 Å². The summed E-state index contributed by atoms with van der Waals surface area (Å²) in [7, 11) is 0. The average Bonchev–Trinajstić information content (AvgIpc) is 2.96. The summed E-state index contributed by atoms with van der Waals surface area (Å²) in [5.74, 6) is -0.334. The molecule has 0 N–H and O–H groups in total. The molecule has 0 aliphatic heterocycles. The van der Waals surface area contributed by atoms with E-state index in [1.165, 1.54) is 18.7 Å². The third-order valence-electron chi connectivity index (χ3n) is 5.47. The van der Waals surface area contributed by atoms with Crippen LogP contribution < -0.4 is 0 Å². The van der Waals surface area contributed by atoms with Crippen LogP contribution in [-0.4, -0.2) is 29.0 Å². The third kappa shape index (κ3) is 8.42. The van der Waals surface area contributed by atoms with Crippen molar-refractivity contribution in [3.63, 3.8) is 0 Å². The highest BCUT2D eigenvalue weighted by atomic mass is 35.5. The molecule has 5 nitrogen and oxygen atoms in total. The van der Waals surface area contributed by atoms with Gasteiger partial charge in [-0.05, 0) is 72.8 Å². The number of thioether (sulfide) groups is 1. The largest absolute Gasteiger partial charge is 0.331 e. The van der Waals surface area contributed by atoms with E-state index >= 15 is 0 Å². The van der Waals surface area contributed by atoms with Crippen molar-refractivity contribution in [3.8, 4) is 0 Å². The second kappa shape index (κ2) is 13.9. The molecule has 196 valence electrons. The molecule has 0 atom stereocenters. The fraction of sp³-hybridized carbons (Fsp3) is 0.0968. The first-order valence-corrected chi connectivity index (χ1v) is 14.2. The van der Waals surface area contributed by atoms with Gasteiger partial charge in [0.15, 0.2) is 5.78 Å². The van der Waals surface area contributed by atoms with Gasteiger partial charge < -0.3 is 4.84 Å². The molecular formula is C31H24ClNO4S2. The standard InChI is InChI=1S/C31H24ClNO4S2/c1-21(34)37-33-29(19-20-38-26-17-11-25(32)12-18-26)31(36)24-9-15-28(16-10-24)39-27-13-7-23(8-14-27)30(35)22-5-3-2-4-6-22/h2-18H,19-20H2,1H3/b33-29-. The topological polar surface area (TPSA) is 72.8 Å². The third-order valence-corrected chi connectivity index (χ3v) is 7.75. The predicted octanol–water partition coefficient (Wildman–Crippen LogP) is 8.01. The summed E-state index contributed by atoms with van der Waals surface area (Å²) in [6.45, 7) is 1.24. The number of rotatable bonds is 11. The van der Waals surface area contributed by atoms with Crippen LogP contribution in [0, 0.1) is 0 Å². The minimum absolute atomic E-state index is 0.0206. The highest BCUT2D eigenvalue weighted by molar-refractivity contribution is 7.99. The van der Waals surface area contributed by atoms with Crippen LogP contribution in [0.1, 0.15) is 39.6 Å². The van der Waals surface area contributed by atoms with Gasteiger partial charge in [0.25, 0.3) is 0 Å². The van der Waals surface area contributed by atoms with Gasteiger partial charge in [-0.25, -0.2) is 4.79 Å². The molecule has 0 heterocycles.